The van der Waals surface area contributed by atoms with Gasteiger partial charge in [0.05, 0.1) is 17.2 Å². The number of anilines is 1. The van der Waals surface area contributed by atoms with Crippen molar-refractivity contribution in [3.63, 3.8) is 0 Å². The van der Waals surface area contributed by atoms with Gasteiger partial charge in [-0.05, 0) is 56.3 Å². The Morgan fingerprint density at radius 3 is 2.20 bits per heavy atom. The Morgan fingerprint density at radius 2 is 1.64 bits per heavy atom. The van der Waals surface area contributed by atoms with Crippen LogP contribution in [0.3, 0.4) is 0 Å². The molecule has 0 atom stereocenters. The van der Waals surface area contributed by atoms with Gasteiger partial charge in [-0.1, -0.05) is 6.07 Å². The number of halogens is 3. The molecule has 2 aromatic carbocycles. The van der Waals surface area contributed by atoms with Gasteiger partial charge in [0.1, 0.15) is 0 Å². The van der Waals surface area contributed by atoms with Gasteiger partial charge in [0.2, 0.25) is 0 Å². The predicted molar refractivity (Wildman–Crippen MR) is 86.4 cm³/mol. The van der Waals surface area contributed by atoms with E-state index in [4.69, 9.17) is 4.74 Å². The minimum Gasteiger partial charge on any atom is -0.459 e. The molecule has 0 bridgehead atoms. The normalized spacial score (nSPS) is 11.3. The van der Waals surface area contributed by atoms with Crippen molar-refractivity contribution in [2.24, 2.45) is 0 Å². The van der Waals surface area contributed by atoms with Gasteiger partial charge in [-0.3, -0.25) is 4.79 Å². The number of nitrogens with one attached hydrogen (secondary N) is 1. The smallest absolute Gasteiger partial charge is 0.416 e. The second kappa shape index (κ2) is 7.38. The van der Waals surface area contributed by atoms with Crippen molar-refractivity contribution >= 4 is 17.6 Å². The molecule has 1 N–H and O–H groups in total. The second-order valence-electron chi connectivity index (χ2n) is 5.56. The first-order chi connectivity index (χ1) is 11.7. The third-order valence-corrected chi connectivity index (χ3v) is 3.17. The average molecular weight is 351 g/mol. The Labute approximate surface area is 142 Å². The molecule has 0 radical (unpaired) electrons. The molecule has 7 heteroatoms. The number of esters is 1. The summed E-state index contributed by atoms with van der Waals surface area (Å²) in [4.78, 5) is 23.8. The average Bonchev–Trinajstić information content (AvgIpc) is 2.54. The molecule has 25 heavy (non-hydrogen) atoms. The van der Waals surface area contributed by atoms with Gasteiger partial charge in [0, 0.05) is 11.3 Å². The number of amides is 1. The monoisotopic (exact) mass is 351 g/mol. The van der Waals surface area contributed by atoms with E-state index in [2.05, 4.69) is 5.32 Å². The molecular weight excluding hydrogens is 335 g/mol. The number of rotatable bonds is 4. The molecule has 0 fully saturated rings. The highest BCUT2D eigenvalue weighted by atomic mass is 19.4. The summed E-state index contributed by atoms with van der Waals surface area (Å²) >= 11 is 0. The van der Waals surface area contributed by atoms with Crippen molar-refractivity contribution in [1.29, 1.82) is 0 Å². The minimum absolute atomic E-state index is 0.113. The number of carbonyl (C=O) groups is 2. The van der Waals surface area contributed by atoms with Crippen LogP contribution in [0.25, 0.3) is 0 Å². The predicted octanol–water partition coefficient (Wildman–Crippen LogP) is 4.52. The molecule has 0 spiro atoms. The van der Waals surface area contributed by atoms with E-state index >= 15 is 0 Å². The van der Waals surface area contributed by atoms with Crippen LogP contribution >= 0.6 is 0 Å². The van der Waals surface area contributed by atoms with E-state index in [-0.39, 0.29) is 11.7 Å². The van der Waals surface area contributed by atoms with Gasteiger partial charge >= 0.3 is 12.1 Å². The van der Waals surface area contributed by atoms with E-state index in [0.717, 1.165) is 12.1 Å². The molecule has 0 heterocycles. The summed E-state index contributed by atoms with van der Waals surface area (Å²) < 4.78 is 43.1. The Balaban J connectivity index is 2.10. The Morgan fingerprint density at radius 1 is 1.00 bits per heavy atom. The first-order valence-corrected chi connectivity index (χ1v) is 7.46. The summed E-state index contributed by atoms with van der Waals surface area (Å²) in [5, 5.41) is 2.49. The van der Waals surface area contributed by atoms with E-state index in [1.807, 2.05) is 0 Å². The zero-order chi connectivity index (χ0) is 18.6. The Bertz CT molecular complexity index is 768. The number of benzene rings is 2. The van der Waals surface area contributed by atoms with Crippen molar-refractivity contribution in [3.8, 4) is 0 Å². The maximum absolute atomic E-state index is 12.7. The fourth-order valence-electron chi connectivity index (χ4n) is 2.01. The van der Waals surface area contributed by atoms with Gasteiger partial charge in [-0.15, -0.1) is 0 Å². The quantitative estimate of drug-likeness (QED) is 0.824. The van der Waals surface area contributed by atoms with Gasteiger partial charge in [0.25, 0.3) is 5.91 Å². The molecule has 0 unspecified atom stereocenters. The molecular formula is C18H16F3NO3. The second-order valence-corrected chi connectivity index (χ2v) is 5.56. The highest BCUT2D eigenvalue weighted by Gasteiger charge is 2.30. The van der Waals surface area contributed by atoms with Gasteiger partial charge in [-0.25, -0.2) is 4.79 Å². The highest BCUT2D eigenvalue weighted by molar-refractivity contribution is 6.04. The van der Waals surface area contributed by atoms with Crippen LogP contribution in [-0.4, -0.2) is 18.0 Å². The van der Waals surface area contributed by atoms with E-state index < -0.39 is 23.6 Å². The van der Waals surface area contributed by atoms with Gasteiger partial charge in [0.15, 0.2) is 0 Å². The lowest BCUT2D eigenvalue weighted by Crippen LogP contribution is -2.14. The molecule has 0 aliphatic rings. The van der Waals surface area contributed by atoms with Crippen LogP contribution in [0.2, 0.25) is 0 Å². The molecule has 132 valence electrons. The molecule has 2 rings (SSSR count). The van der Waals surface area contributed by atoms with Crippen LogP contribution < -0.4 is 5.32 Å². The van der Waals surface area contributed by atoms with Crippen LogP contribution in [0.1, 0.15) is 40.1 Å². The standard InChI is InChI=1S/C18H16F3NO3/c1-11(2)25-17(24)12-6-8-15(9-7-12)22-16(23)13-4-3-5-14(10-13)18(19,20)21/h3-11H,1-2H3,(H,22,23). The van der Waals surface area contributed by atoms with Crippen LogP contribution in [-0.2, 0) is 10.9 Å². The van der Waals surface area contributed by atoms with Crippen molar-refractivity contribution in [2.45, 2.75) is 26.1 Å². The highest BCUT2D eigenvalue weighted by Crippen LogP contribution is 2.29. The first kappa shape index (κ1) is 18.5. The molecule has 0 saturated carbocycles. The molecule has 2 aromatic rings. The van der Waals surface area contributed by atoms with E-state index in [0.29, 0.717) is 11.3 Å². The number of hydrogen-bond donors (Lipinski definition) is 1. The molecule has 0 saturated heterocycles. The lowest BCUT2D eigenvalue weighted by molar-refractivity contribution is -0.137. The van der Waals surface area contributed by atoms with E-state index in [1.165, 1.54) is 36.4 Å². The maximum atomic E-state index is 12.7. The topological polar surface area (TPSA) is 55.4 Å². The number of ether oxygens (including phenoxy) is 1. The number of hydrogen-bond acceptors (Lipinski definition) is 3. The van der Waals surface area contributed by atoms with Crippen molar-refractivity contribution in [2.75, 3.05) is 5.32 Å². The largest absolute Gasteiger partial charge is 0.459 e. The van der Waals surface area contributed by atoms with Crippen LogP contribution in [0.5, 0.6) is 0 Å². The van der Waals surface area contributed by atoms with E-state index in [1.54, 1.807) is 13.8 Å². The fourth-order valence-corrected chi connectivity index (χ4v) is 2.01. The minimum atomic E-state index is -4.52. The molecule has 0 aromatic heterocycles. The molecule has 0 aliphatic heterocycles. The third-order valence-electron chi connectivity index (χ3n) is 3.17. The Hall–Kier alpha value is -2.83. The first-order valence-electron chi connectivity index (χ1n) is 7.46. The van der Waals surface area contributed by atoms with Gasteiger partial charge in [-0.2, -0.15) is 13.2 Å². The molecule has 1 amide bonds. The zero-order valence-corrected chi connectivity index (χ0v) is 13.6. The number of carbonyl (C=O) groups excluding carboxylic acids is 2. The fraction of sp³-hybridized carbons (Fsp3) is 0.222. The van der Waals surface area contributed by atoms with Crippen LogP contribution in [0, 0.1) is 0 Å². The zero-order valence-electron chi connectivity index (χ0n) is 13.6. The third kappa shape index (κ3) is 5.07. The summed E-state index contributed by atoms with van der Waals surface area (Å²) in [6.45, 7) is 3.45. The summed E-state index contributed by atoms with van der Waals surface area (Å²) in [6.07, 6.45) is -4.78. The summed E-state index contributed by atoms with van der Waals surface area (Å²) in [5.74, 6) is -1.17. The van der Waals surface area contributed by atoms with Crippen LogP contribution in [0.15, 0.2) is 48.5 Å². The van der Waals surface area contributed by atoms with Crippen LogP contribution in [0.4, 0.5) is 18.9 Å². The van der Waals surface area contributed by atoms with Gasteiger partial charge < -0.3 is 10.1 Å². The SMILES string of the molecule is CC(C)OC(=O)c1ccc(NC(=O)c2cccc(C(F)(F)F)c2)cc1. The van der Waals surface area contributed by atoms with Crippen molar-refractivity contribution in [3.05, 3.63) is 65.2 Å². The number of alkyl halides is 3. The Kier molecular flexibility index (Phi) is 5.46. The lowest BCUT2D eigenvalue weighted by atomic mass is 10.1. The van der Waals surface area contributed by atoms with E-state index in [9.17, 15) is 22.8 Å². The van der Waals surface area contributed by atoms with Crippen molar-refractivity contribution in [1.82, 2.24) is 0 Å². The summed E-state index contributed by atoms with van der Waals surface area (Å²) in [5.41, 5.74) is -0.348. The maximum Gasteiger partial charge on any atom is 0.416 e. The molecule has 0 aliphatic carbocycles. The molecule has 4 nitrogen and oxygen atoms in total. The lowest BCUT2D eigenvalue weighted by Gasteiger charge is -2.10. The summed E-state index contributed by atoms with van der Waals surface area (Å²) in [7, 11) is 0. The van der Waals surface area contributed by atoms with Crippen molar-refractivity contribution < 1.29 is 27.5 Å². The summed E-state index contributed by atoms with van der Waals surface area (Å²) in [6, 6.07) is 10.0.